The summed E-state index contributed by atoms with van der Waals surface area (Å²) in [6.45, 7) is 1.78. The highest BCUT2D eigenvalue weighted by molar-refractivity contribution is 6.35. The predicted octanol–water partition coefficient (Wildman–Crippen LogP) is 4.01. The molecule has 1 aliphatic rings. The maximum atomic E-state index is 6.19. The Labute approximate surface area is 118 Å². The summed E-state index contributed by atoms with van der Waals surface area (Å²) in [5, 5.41) is 6.41. The summed E-state index contributed by atoms with van der Waals surface area (Å²) in [4.78, 5) is 0. The van der Waals surface area contributed by atoms with Gasteiger partial charge in [0, 0.05) is 21.8 Å². The maximum absolute atomic E-state index is 6.19. The van der Waals surface area contributed by atoms with Crippen molar-refractivity contribution in [3.8, 4) is 5.75 Å². The molecule has 1 saturated carbocycles. The van der Waals surface area contributed by atoms with Crippen LogP contribution in [-0.4, -0.2) is 19.2 Å². The highest BCUT2D eigenvalue weighted by Crippen LogP contribution is 2.31. The van der Waals surface area contributed by atoms with Crippen LogP contribution in [0.1, 0.15) is 19.3 Å². The molecule has 0 saturated heterocycles. The molecule has 3 heteroatoms. The van der Waals surface area contributed by atoms with Crippen LogP contribution in [0, 0.1) is 0 Å². The van der Waals surface area contributed by atoms with Gasteiger partial charge in [-0.1, -0.05) is 35.9 Å². The van der Waals surface area contributed by atoms with Crippen LogP contribution in [0.4, 0.5) is 0 Å². The standard InChI is InChI=1S/C16H18ClNO/c17-15-8-9-16(14-5-2-1-4-13(14)15)19-11-3-10-18-12-6-7-12/h1-2,4-5,8-9,12,18H,3,6-7,10-11H2. The molecular weight excluding hydrogens is 258 g/mol. The summed E-state index contributed by atoms with van der Waals surface area (Å²) >= 11 is 6.19. The lowest BCUT2D eigenvalue weighted by molar-refractivity contribution is 0.311. The molecule has 0 aromatic heterocycles. The zero-order chi connectivity index (χ0) is 13.1. The minimum Gasteiger partial charge on any atom is -0.493 e. The van der Waals surface area contributed by atoms with Gasteiger partial charge in [0.05, 0.1) is 6.61 Å². The van der Waals surface area contributed by atoms with E-state index in [2.05, 4.69) is 11.4 Å². The summed E-state index contributed by atoms with van der Waals surface area (Å²) in [6.07, 6.45) is 3.71. The minimum atomic E-state index is 0.741. The van der Waals surface area contributed by atoms with Crippen molar-refractivity contribution in [2.45, 2.75) is 25.3 Å². The van der Waals surface area contributed by atoms with Crippen LogP contribution >= 0.6 is 11.6 Å². The van der Waals surface area contributed by atoms with Gasteiger partial charge in [-0.3, -0.25) is 0 Å². The molecule has 2 aromatic carbocycles. The molecule has 0 unspecified atom stereocenters. The quantitative estimate of drug-likeness (QED) is 0.804. The zero-order valence-corrected chi connectivity index (χ0v) is 11.6. The molecule has 0 atom stereocenters. The van der Waals surface area contributed by atoms with E-state index < -0.39 is 0 Å². The third-order valence-electron chi connectivity index (χ3n) is 3.42. The van der Waals surface area contributed by atoms with Crippen molar-refractivity contribution in [2.24, 2.45) is 0 Å². The van der Waals surface area contributed by atoms with Gasteiger partial charge in [0.25, 0.3) is 0 Å². The normalized spacial score (nSPS) is 14.8. The largest absolute Gasteiger partial charge is 0.493 e. The molecule has 0 heterocycles. The van der Waals surface area contributed by atoms with Gasteiger partial charge in [0.15, 0.2) is 0 Å². The highest BCUT2D eigenvalue weighted by atomic mass is 35.5. The van der Waals surface area contributed by atoms with E-state index in [0.29, 0.717) is 0 Å². The first kappa shape index (κ1) is 12.8. The van der Waals surface area contributed by atoms with E-state index in [9.17, 15) is 0 Å². The lowest BCUT2D eigenvalue weighted by Crippen LogP contribution is -2.19. The Morgan fingerprint density at radius 1 is 1.11 bits per heavy atom. The molecule has 2 aromatic rings. The van der Waals surface area contributed by atoms with Crippen LogP contribution in [0.3, 0.4) is 0 Å². The van der Waals surface area contributed by atoms with Crippen LogP contribution in [0.2, 0.25) is 5.02 Å². The number of rotatable bonds is 6. The molecule has 100 valence electrons. The fourth-order valence-corrected chi connectivity index (χ4v) is 2.44. The van der Waals surface area contributed by atoms with Gasteiger partial charge in [0.1, 0.15) is 5.75 Å². The number of benzene rings is 2. The summed E-state index contributed by atoms with van der Waals surface area (Å²) in [6, 6.07) is 12.7. The fourth-order valence-electron chi connectivity index (χ4n) is 2.21. The molecule has 2 nitrogen and oxygen atoms in total. The average molecular weight is 276 g/mol. The van der Waals surface area contributed by atoms with E-state index in [-0.39, 0.29) is 0 Å². The van der Waals surface area contributed by atoms with Gasteiger partial charge < -0.3 is 10.1 Å². The van der Waals surface area contributed by atoms with Gasteiger partial charge in [-0.25, -0.2) is 0 Å². The number of hydrogen-bond acceptors (Lipinski definition) is 2. The fraction of sp³-hybridized carbons (Fsp3) is 0.375. The SMILES string of the molecule is Clc1ccc(OCCCNC2CC2)c2ccccc12. The molecule has 1 aliphatic carbocycles. The van der Waals surface area contributed by atoms with Crippen molar-refractivity contribution in [3.63, 3.8) is 0 Å². The van der Waals surface area contributed by atoms with Crippen molar-refractivity contribution in [3.05, 3.63) is 41.4 Å². The Balaban J connectivity index is 1.61. The van der Waals surface area contributed by atoms with E-state index in [1.54, 1.807) is 0 Å². The monoisotopic (exact) mass is 275 g/mol. The molecule has 1 fully saturated rings. The second-order valence-corrected chi connectivity index (χ2v) is 5.43. The van der Waals surface area contributed by atoms with Gasteiger partial charge in [-0.2, -0.15) is 0 Å². The van der Waals surface area contributed by atoms with Gasteiger partial charge in [-0.15, -0.1) is 0 Å². The number of fused-ring (bicyclic) bond motifs is 1. The Bertz CT molecular complexity index is 566. The van der Waals surface area contributed by atoms with Gasteiger partial charge in [-0.05, 0) is 37.9 Å². The predicted molar refractivity (Wildman–Crippen MR) is 80.1 cm³/mol. The summed E-state index contributed by atoms with van der Waals surface area (Å²) < 4.78 is 5.88. The Kier molecular flexibility index (Phi) is 3.90. The first-order valence-corrected chi connectivity index (χ1v) is 7.26. The van der Waals surface area contributed by atoms with Crippen molar-refractivity contribution in [1.82, 2.24) is 5.32 Å². The van der Waals surface area contributed by atoms with Crippen LogP contribution < -0.4 is 10.1 Å². The van der Waals surface area contributed by atoms with Crippen LogP contribution in [0.15, 0.2) is 36.4 Å². The third-order valence-corrected chi connectivity index (χ3v) is 3.75. The number of hydrogen-bond donors (Lipinski definition) is 1. The zero-order valence-electron chi connectivity index (χ0n) is 10.9. The number of ether oxygens (including phenoxy) is 1. The van der Waals surface area contributed by atoms with Crippen molar-refractivity contribution in [1.29, 1.82) is 0 Å². The minimum absolute atomic E-state index is 0.741. The number of nitrogens with one attached hydrogen (secondary N) is 1. The van der Waals surface area contributed by atoms with Crippen LogP contribution in [0.5, 0.6) is 5.75 Å². The van der Waals surface area contributed by atoms with E-state index in [1.807, 2.05) is 30.3 Å². The lowest BCUT2D eigenvalue weighted by atomic mass is 10.1. The van der Waals surface area contributed by atoms with Gasteiger partial charge >= 0.3 is 0 Å². The molecule has 0 bridgehead atoms. The van der Waals surface area contributed by atoms with Crippen molar-refractivity contribution in [2.75, 3.05) is 13.2 Å². The van der Waals surface area contributed by atoms with Crippen LogP contribution in [0.25, 0.3) is 10.8 Å². The molecule has 1 N–H and O–H groups in total. The first-order chi connectivity index (χ1) is 9.34. The van der Waals surface area contributed by atoms with Gasteiger partial charge in [0.2, 0.25) is 0 Å². The molecule has 3 rings (SSSR count). The van der Waals surface area contributed by atoms with E-state index in [0.717, 1.165) is 47.2 Å². The van der Waals surface area contributed by atoms with E-state index in [1.165, 1.54) is 12.8 Å². The molecule has 0 radical (unpaired) electrons. The topological polar surface area (TPSA) is 21.3 Å². The van der Waals surface area contributed by atoms with Crippen molar-refractivity contribution >= 4 is 22.4 Å². The second-order valence-electron chi connectivity index (χ2n) is 5.02. The summed E-state index contributed by atoms with van der Waals surface area (Å²) in [5.41, 5.74) is 0. The Morgan fingerprint density at radius 3 is 2.68 bits per heavy atom. The summed E-state index contributed by atoms with van der Waals surface area (Å²) in [5.74, 6) is 0.923. The van der Waals surface area contributed by atoms with Crippen LogP contribution in [-0.2, 0) is 0 Å². The second kappa shape index (κ2) is 5.81. The maximum Gasteiger partial charge on any atom is 0.127 e. The Hall–Kier alpha value is -1.25. The molecule has 19 heavy (non-hydrogen) atoms. The lowest BCUT2D eigenvalue weighted by Gasteiger charge is -2.10. The number of halogens is 1. The molecular formula is C16H18ClNO. The first-order valence-electron chi connectivity index (χ1n) is 6.88. The molecule has 0 amide bonds. The molecule has 0 spiro atoms. The smallest absolute Gasteiger partial charge is 0.127 e. The summed E-state index contributed by atoms with van der Waals surface area (Å²) in [7, 11) is 0. The van der Waals surface area contributed by atoms with E-state index >= 15 is 0 Å². The third kappa shape index (κ3) is 3.20. The van der Waals surface area contributed by atoms with E-state index in [4.69, 9.17) is 16.3 Å². The average Bonchev–Trinajstić information content (AvgIpc) is 3.25. The molecule has 0 aliphatic heterocycles. The Morgan fingerprint density at radius 2 is 1.89 bits per heavy atom. The van der Waals surface area contributed by atoms with Crippen molar-refractivity contribution < 1.29 is 4.74 Å². The highest BCUT2D eigenvalue weighted by Gasteiger charge is 2.19.